The Morgan fingerprint density at radius 3 is 2.79 bits per heavy atom. The van der Waals surface area contributed by atoms with E-state index in [1.807, 2.05) is 13.0 Å². The quantitative estimate of drug-likeness (QED) is 0.534. The predicted octanol–water partition coefficient (Wildman–Crippen LogP) is 2.82. The largest absolute Gasteiger partial charge is 0.299 e. The van der Waals surface area contributed by atoms with Crippen molar-refractivity contribution in [3.05, 3.63) is 32.8 Å². The molecule has 0 radical (unpaired) electrons. The van der Waals surface area contributed by atoms with Gasteiger partial charge in [-0.25, -0.2) is 4.98 Å². The van der Waals surface area contributed by atoms with Gasteiger partial charge in [0.05, 0.1) is 14.6 Å². The molecule has 14 heavy (non-hydrogen) atoms. The van der Waals surface area contributed by atoms with E-state index < -0.39 is 0 Å². The van der Waals surface area contributed by atoms with Crippen LogP contribution in [0.3, 0.4) is 0 Å². The second kappa shape index (κ2) is 3.02. The summed E-state index contributed by atoms with van der Waals surface area (Å²) in [5, 5.41) is 11.7. The molecule has 0 bridgehead atoms. The molecule has 1 heterocycles. The van der Waals surface area contributed by atoms with Crippen molar-refractivity contribution in [1.29, 1.82) is 0 Å². The van der Waals surface area contributed by atoms with Crippen LogP contribution in [0, 0.1) is 24.0 Å². The minimum absolute atomic E-state index is 0.131. The minimum Gasteiger partial charge on any atom is -0.258 e. The van der Waals surface area contributed by atoms with Crippen molar-refractivity contribution in [2.45, 2.75) is 13.8 Å². The van der Waals surface area contributed by atoms with Crippen molar-refractivity contribution in [3.63, 3.8) is 0 Å². The highest BCUT2D eigenvalue weighted by Gasteiger charge is 2.18. The summed E-state index contributed by atoms with van der Waals surface area (Å²) in [6.07, 6.45) is 0. The van der Waals surface area contributed by atoms with Crippen LogP contribution < -0.4 is 0 Å². The van der Waals surface area contributed by atoms with Crippen molar-refractivity contribution in [1.82, 2.24) is 4.98 Å². The van der Waals surface area contributed by atoms with Crippen LogP contribution in [-0.4, -0.2) is 9.91 Å². The van der Waals surface area contributed by atoms with Gasteiger partial charge in [0.15, 0.2) is 5.52 Å². The third-order valence-corrected chi connectivity index (χ3v) is 2.96. The summed E-state index contributed by atoms with van der Waals surface area (Å²) in [6.45, 7) is 3.58. The summed E-state index contributed by atoms with van der Waals surface area (Å²) in [5.74, 6) is 0. The van der Waals surface area contributed by atoms with Gasteiger partial charge in [-0.3, -0.25) is 10.1 Å². The fraction of sp³-hybridized carbons (Fsp3) is 0.222. The number of fused-ring (bicyclic) bond motifs is 1. The van der Waals surface area contributed by atoms with Gasteiger partial charge in [-0.2, -0.15) is 0 Å². The van der Waals surface area contributed by atoms with Gasteiger partial charge in [0.1, 0.15) is 0 Å². The number of aromatic nitrogens is 1. The zero-order valence-corrected chi connectivity index (χ0v) is 8.59. The zero-order valence-electron chi connectivity index (χ0n) is 7.77. The molecule has 0 saturated carbocycles. The van der Waals surface area contributed by atoms with Crippen molar-refractivity contribution in [2.75, 3.05) is 0 Å². The molecule has 0 fully saturated rings. The van der Waals surface area contributed by atoms with E-state index in [1.165, 1.54) is 11.3 Å². The van der Waals surface area contributed by atoms with Gasteiger partial charge in [0.25, 0.3) is 5.69 Å². The maximum atomic E-state index is 10.8. The lowest BCUT2D eigenvalue weighted by Crippen LogP contribution is -1.92. The molecule has 5 heteroatoms. The molecular formula is C9H8N2O2S. The number of aryl methyl sites for hydroxylation is 2. The molecular weight excluding hydrogens is 200 g/mol. The van der Waals surface area contributed by atoms with Crippen LogP contribution >= 0.6 is 11.3 Å². The topological polar surface area (TPSA) is 56.0 Å². The van der Waals surface area contributed by atoms with E-state index in [4.69, 9.17) is 0 Å². The van der Waals surface area contributed by atoms with E-state index in [1.54, 1.807) is 13.0 Å². The molecule has 0 aliphatic rings. The molecule has 2 aromatic rings. The fourth-order valence-electron chi connectivity index (χ4n) is 1.42. The van der Waals surface area contributed by atoms with Gasteiger partial charge in [0, 0.05) is 5.56 Å². The molecule has 0 aliphatic carbocycles. The van der Waals surface area contributed by atoms with Crippen LogP contribution in [0.1, 0.15) is 10.6 Å². The van der Waals surface area contributed by atoms with E-state index in [0.717, 1.165) is 9.71 Å². The average molecular weight is 208 g/mol. The lowest BCUT2D eigenvalue weighted by Gasteiger charge is -1.96. The van der Waals surface area contributed by atoms with E-state index in [0.29, 0.717) is 11.1 Å². The van der Waals surface area contributed by atoms with Gasteiger partial charge in [-0.05, 0) is 19.9 Å². The van der Waals surface area contributed by atoms with Crippen LogP contribution in [0.5, 0.6) is 0 Å². The maximum Gasteiger partial charge on any atom is 0.299 e. The Hall–Kier alpha value is -1.49. The van der Waals surface area contributed by atoms with Crippen LogP contribution in [0.15, 0.2) is 12.1 Å². The van der Waals surface area contributed by atoms with Gasteiger partial charge < -0.3 is 0 Å². The van der Waals surface area contributed by atoms with Crippen LogP contribution in [0.4, 0.5) is 5.69 Å². The maximum absolute atomic E-state index is 10.8. The molecule has 0 saturated heterocycles. The molecule has 4 nitrogen and oxygen atoms in total. The molecule has 2 rings (SSSR count). The third-order valence-electron chi connectivity index (χ3n) is 2.03. The van der Waals surface area contributed by atoms with Gasteiger partial charge in [0.2, 0.25) is 0 Å². The molecule has 0 unspecified atom stereocenters. The van der Waals surface area contributed by atoms with Crippen molar-refractivity contribution < 1.29 is 4.92 Å². The number of hydrogen-bond donors (Lipinski definition) is 0. The Morgan fingerprint density at radius 2 is 2.14 bits per heavy atom. The minimum atomic E-state index is -0.364. The molecule has 0 spiro atoms. The lowest BCUT2D eigenvalue weighted by molar-refractivity contribution is -0.383. The molecule has 72 valence electrons. The standard InChI is InChI=1S/C9H8N2O2S/c1-5-3-4-7-8(9(5)11(12)13)10-6(2)14-7/h3-4H,1-2H3. The van der Waals surface area contributed by atoms with Crippen molar-refractivity contribution in [3.8, 4) is 0 Å². The molecule has 0 aliphatic heterocycles. The van der Waals surface area contributed by atoms with E-state index in [2.05, 4.69) is 4.98 Å². The highest BCUT2D eigenvalue weighted by molar-refractivity contribution is 7.18. The number of thiazole rings is 1. The summed E-state index contributed by atoms with van der Waals surface area (Å²) in [6, 6.07) is 3.64. The molecule has 1 aromatic carbocycles. The van der Waals surface area contributed by atoms with Gasteiger partial charge >= 0.3 is 0 Å². The first-order chi connectivity index (χ1) is 6.59. The molecule has 0 amide bonds. The Bertz CT molecular complexity index is 519. The molecule has 0 atom stereocenters. The number of hydrogen-bond acceptors (Lipinski definition) is 4. The number of nitro benzene ring substituents is 1. The van der Waals surface area contributed by atoms with E-state index >= 15 is 0 Å². The number of rotatable bonds is 1. The van der Waals surface area contributed by atoms with Crippen LogP contribution in [0.2, 0.25) is 0 Å². The predicted molar refractivity (Wildman–Crippen MR) is 55.7 cm³/mol. The summed E-state index contributed by atoms with van der Waals surface area (Å²) in [5.41, 5.74) is 1.30. The number of nitro groups is 1. The Morgan fingerprint density at radius 1 is 1.43 bits per heavy atom. The highest BCUT2D eigenvalue weighted by Crippen LogP contribution is 2.31. The summed E-state index contributed by atoms with van der Waals surface area (Å²) < 4.78 is 0.875. The van der Waals surface area contributed by atoms with E-state index in [-0.39, 0.29) is 10.6 Å². The molecule has 1 aromatic heterocycles. The fourth-order valence-corrected chi connectivity index (χ4v) is 2.25. The second-order valence-electron chi connectivity index (χ2n) is 3.07. The highest BCUT2D eigenvalue weighted by atomic mass is 32.1. The SMILES string of the molecule is Cc1nc2c([N+](=O)[O-])c(C)ccc2s1. The zero-order chi connectivity index (χ0) is 10.3. The normalized spacial score (nSPS) is 10.7. The third kappa shape index (κ3) is 1.26. The summed E-state index contributed by atoms with van der Waals surface area (Å²) >= 11 is 1.48. The summed E-state index contributed by atoms with van der Waals surface area (Å²) in [4.78, 5) is 14.6. The number of nitrogens with zero attached hydrogens (tertiary/aromatic N) is 2. The number of benzene rings is 1. The monoisotopic (exact) mass is 208 g/mol. The van der Waals surface area contributed by atoms with Crippen molar-refractivity contribution >= 4 is 27.2 Å². The Kier molecular flexibility index (Phi) is 1.96. The molecule has 0 N–H and O–H groups in total. The first-order valence-corrected chi connectivity index (χ1v) is 4.92. The van der Waals surface area contributed by atoms with Crippen LogP contribution in [0.25, 0.3) is 10.2 Å². The lowest BCUT2D eigenvalue weighted by atomic mass is 10.2. The first-order valence-electron chi connectivity index (χ1n) is 4.10. The second-order valence-corrected chi connectivity index (χ2v) is 4.30. The van der Waals surface area contributed by atoms with Gasteiger partial charge in [-0.1, -0.05) is 6.07 Å². The first kappa shape index (κ1) is 9.08. The smallest absolute Gasteiger partial charge is 0.258 e. The summed E-state index contributed by atoms with van der Waals surface area (Å²) in [7, 11) is 0. The van der Waals surface area contributed by atoms with E-state index in [9.17, 15) is 10.1 Å². The van der Waals surface area contributed by atoms with Crippen molar-refractivity contribution in [2.24, 2.45) is 0 Å². The van der Waals surface area contributed by atoms with Gasteiger partial charge in [-0.15, -0.1) is 11.3 Å². The van der Waals surface area contributed by atoms with Crippen LogP contribution in [-0.2, 0) is 0 Å². The Labute approximate surface area is 84.4 Å². The average Bonchev–Trinajstić information content (AvgIpc) is 2.43. The Balaban J connectivity index is 2.88.